The van der Waals surface area contributed by atoms with E-state index in [0.29, 0.717) is 25.1 Å². The first-order valence-electron chi connectivity index (χ1n) is 7.26. The zero-order valence-corrected chi connectivity index (χ0v) is 14.5. The van der Waals surface area contributed by atoms with Gasteiger partial charge in [0.2, 0.25) is 11.8 Å². The zero-order valence-electron chi connectivity index (χ0n) is 13.7. The van der Waals surface area contributed by atoms with Crippen molar-refractivity contribution in [2.75, 3.05) is 23.8 Å². The molecular formula is C16H26ClN3O2. The second-order valence-electron chi connectivity index (χ2n) is 5.27. The summed E-state index contributed by atoms with van der Waals surface area (Å²) in [6.45, 7) is 5.75. The number of carbonyl (C=O) groups is 2. The number of halogens is 1. The Kier molecular flexibility index (Phi) is 8.12. The van der Waals surface area contributed by atoms with E-state index in [-0.39, 0.29) is 24.2 Å². The van der Waals surface area contributed by atoms with E-state index in [4.69, 9.17) is 5.73 Å². The maximum atomic E-state index is 12.5. The number of amides is 2. The molecule has 0 aliphatic heterocycles. The van der Waals surface area contributed by atoms with Gasteiger partial charge in [0.15, 0.2) is 0 Å². The van der Waals surface area contributed by atoms with Crippen molar-refractivity contribution in [3.8, 4) is 0 Å². The van der Waals surface area contributed by atoms with Crippen molar-refractivity contribution in [2.24, 2.45) is 11.1 Å². The van der Waals surface area contributed by atoms with Crippen LogP contribution in [0.5, 0.6) is 0 Å². The maximum absolute atomic E-state index is 12.5. The number of benzene rings is 1. The number of hydrogen-bond donors (Lipinski definition) is 2. The molecule has 1 rings (SSSR count). The van der Waals surface area contributed by atoms with E-state index >= 15 is 0 Å². The summed E-state index contributed by atoms with van der Waals surface area (Å²) in [7, 11) is 1.70. The van der Waals surface area contributed by atoms with Gasteiger partial charge in [-0.05, 0) is 31.0 Å². The lowest BCUT2D eigenvalue weighted by molar-refractivity contribution is -0.125. The van der Waals surface area contributed by atoms with Gasteiger partial charge in [0, 0.05) is 31.9 Å². The number of nitrogens with two attached hydrogens (primary N) is 1. The molecule has 0 saturated heterocycles. The number of hydrogen-bond acceptors (Lipinski definition) is 3. The smallest absolute Gasteiger partial charge is 0.231 e. The molecule has 0 atom stereocenters. The zero-order chi connectivity index (χ0) is 16.0. The Bertz CT molecular complexity index is 508. The lowest BCUT2D eigenvalue weighted by Gasteiger charge is -2.28. The molecule has 0 aromatic heterocycles. The van der Waals surface area contributed by atoms with Crippen LogP contribution in [0.1, 0.15) is 33.6 Å². The normalized spacial score (nSPS) is 10.6. The maximum Gasteiger partial charge on any atom is 0.231 e. The minimum Gasteiger partial charge on any atom is -0.329 e. The Labute approximate surface area is 138 Å². The van der Waals surface area contributed by atoms with Crippen LogP contribution in [0.2, 0.25) is 0 Å². The van der Waals surface area contributed by atoms with Crippen molar-refractivity contribution in [1.82, 2.24) is 0 Å². The molecule has 0 spiro atoms. The van der Waals surface area contributed by atoms with Crippen molar-refractivity contribution in [3.63, 3.8) is 0 Å². The highest BCUT2D eigenvalue weighted by molar-refractivity contribution is 5.97. The van der Waals surface area contributed by atoms with Crippen LogP contribution in [-0.4, -0.2) is 25.4 Å². The third-order valence-corrected chi connectivity index (χ3v) is 4.19. The Hall–Kier alpha value is -1.59. The molecule has 1 aromatic rings. The fourth-order valence-corrected chi connectivity index (χ4v) is 2.19. The van der Waals surface area contributed by atoms with E-state index in [0.717, 1.165) is 5.69 Å². The van der Waals surface area contributed by atoms with Crippen LogP contribution in [0.25, 0.3) is 0 Å². The van der Waals surface area contributed by atoms with Crippen LogP contribution in [0.15, 0.2) is 24.3 Å². The van der Waals surface area contributed by atoms with Gasteiger partial charge in [0.25, 0.3) is 0 Å². The highest BCUT2D eigenvalue weighted by Crippen LogP contribution is 2.27. The summed E-state index contributed by atoms with van der Waals surface area (Å²) in [6, 6.07) is 7.23. The number of anilines is 2. The van der Waals surface area contributed by atoms with Gasteiger partial charge in [-0.3, -0.25) is 9.59 Å². The molecule has 22 heavy (non-hydrogen) atoms. The first kappa shape index (κ1) is 20.4. The summed E-state index contributed by atoms with van der Waals surface area (Å²) < 4.78 is 0. The van der Waals surface area contributed by atoms with Crippen LogP contribution in [0.3, 0.4) is 0 Å². The van der Waals surface area contributed by atoms with E-state index in [1.807, 2.05) is 32.0 Å². The largest absolute Gasteiger partial charge is 0.329 e. The van der Waals surface area contributed by atoms with Crippen LogP contribution < -0.4 is 16.0 Å². The van der Waals surface area contributed by atoms with Gasteiger partial charge in [-0.2, -0.15) is 0 Å². The molecule has 124 valence electrons. The van der Waals surface area contributed by atoms with E-state index in [9.17, 15) is 9.59 Å². The molecule has 0 unspecified atom stereocenters. The summed E-state index contributed by atoms with van der Waals surface area (Å²) in [5, 5.41) is 2.91. The van der Waals surface area contributed by atoms with Gasteiger partial charge in [-0.15, -0.1) is 12.4 Å². The van der Waals surface area contributed by atoms with Crippen molar-refractivity contribution in [3.05, 3.63) is 24.3 Å². The Morgan fingerprint density at radius 2 is 1.86 bits per heavy atom. The summed E-state index contributed by atoms with van der Waals surface area (Å²) in [5.41, 5.74) is 6.66. The Morgan fingerprint density at radius 1 is 1.27 bits per heavy atom. The average Bonchev–Trinajstić information content (AvgIpc) is 2.49. The minimum atomic E-state index is -0.539. The molecule has 0 saturated carbocycles. The molecule has 0 aliphatic rings. The fraction of sp³-hybridized carbons (Fsp3) is 0.500. The standard InChI is InChI=1S/C16H25N3O2.ClH/c1-5-16(6-2,11-17)15(21)18-13-8-7-9-14(10-13)19(4)12(3)20;/h7-10H,5-6,11,17H2,1-4H3,(H,18,21);1H. The number of nitrogens with zero attached hydrogens (tertiary/aromatic N) is 1. The second kappa shape index (κ2) is 8.76. The first-order chi connectivity index (χ1) is 9.90. The molecule has 0 fully saturated rings. The minimum absolute atomic E-state index is 0. The molecule has 1 aromatic carbocycles. The number of nitrogens with one attached hydrogen (secondary N) is 1. The van der Waals surface area contributed by atoms with Gasteiger partial charge < -0.3 is 16.0 Å². The molecule has 0 radical (unpaired) electrons. The average molecular weight is 328 g/mol. The van der Waals surface area contributed by atoms with Gasteiger partial charge in [-0.25, -0.2) is 0 Å². The van der Waals surface area contributed by atoms with Crippen LogP contribution >= 0.6 is 12.4 Å². The van der Waals surface area contributed by atoms with Gasteiger partial charge in [0.05, 0.1) is 5.41 Å². The van der Waals surface area contributed by atoms with Crippen molar-refractivity contribution < 1.29 is 9.59 Å². The Balaban J connectivity index is 0.00000441. The second-order valence-corrected chi connectivity index (χ2v) is 5.27. The van der Waals surface area contributed by atoms with E-state index in [1.54, 1.807) is 13.1 Å². The predicted octanol–water partition coefficient (Wildman–Crippen LogP) is 2.79. The summed E-state index contributed by atoms with van der Waals surface area (Å²) >= 11 is 0. The SMILES string of the molecule is CCC(CC)(CN)C(=O)Nc1cccc(N(C)C(C)=O)c1.Cl. The quantitative estimate of drug-likeness (QED) is 0.843. The third kappa shape index (κ3) is 4.45. The molecular weight excluding hydrogens is 302 g/mol. The van der Waals surface area contributed by atoms with Crippen LogP contribution in [0.4, 0.5) is 11.4 Å². The van der Waals surface area contributed by atoms with Crippen LogP contribution in [-0.2, 0) is 9.59 Å². The molecule has 6 heteroatoms. The summed E-state index contributed by atoms with van der Waals surface area (Å²) in [6.07, 6.45) is 1.39. The molecule has 3 N–H and O–H groups in total. The van der Waals surface area contributed by atoms with Gasteiger partial charge in [-0.1, -0.05) is 19.9 Å². The number of rotatable bonds is 6. The van der Waals surface area contributed by atoms with E-state index in [1.165, 1.54) is 11.8 Å². The predicted molar refractivity (Wildman–Crippen MR) is 93.5 cm³/mol. The third-order valence-electron chi connectivity index (χ3n) is 4.19. The monoisotopic (exact) mass is 327 g/mol. The van der Waals surface area contributed by atoms with Crippen molar-refractivity contribution >= 4 is 35.6 Å². The summed E-state index contributed by atoms with van der Waals surface area (Å²) in [5.74, 6) is -0.130. The summed E-state index contributed by atoms with van der Waals surface area (Å²) in [4.78, 5) is 25.4. The molecule has 0 bridgehead atoms. The van der Waals surface area contributed by atoms with Gasteiger partial charge in [0.1, 0.15) is 0 Å². The lowest BCUT2D eigenvalue weighted by Crippen LogP contribution is -2.41. The van der Waals surface area contributed by atoms with Crippen molar-refractivity contribution in [1.29, 1.82) is 0 Å². The van der Waals surface area contributed by atoms with E-state index < -0.39 is 5.41 Å². The molecule has 0 heterocycles. The first-order valence-corrected chi connectivity index (χ1v) is 7.26. The van der Waals surface area contributed by atoms with Crippen LogP contribution in [0, 0.1) is 5.41 Å². The Morgan fingerprint density at radius 3 is 2.32 bits per heavy atom. The highest BCUT2D eigenvalue weighted by atomic mass is 35.5. The molecule has 2 amide bonds. The molecule has 0 aliphatic carbocycles. The van der Waals surface area contributed by atoms with Gasteiger partial charge >= 0.3 is 0 Å². The fourth-order valence-electron chi connectivity index (χ4n) is 2.19. The van der Waals surface area contributed by atoms with Crippen molar-refractivity contribution in [2.45, 2.75) is 33.6 Å². The topological polar surface area (TPSA) is 75.4 Å². The lowest BCUT2D eigenvalue weighted by atomic mass is 9.81. The highest BCUT2D eigenvalue weighted by Gasteiger charge is 2.33. The number of carbonyl (C=O) groups excluding carboxylic acids is 2. The van der Waals surface area contributed by atoms with E-state index in [2.05, 4.69) is 5.32 Å². The molecule has 5 nitrogen and oxygen atoms in total.